The first kappa shape index (κ1) is 13.4. The molecule has 3 nitrogen and oxygen atoms in total. The third kappa shape index (κ3) is 2.86. The number of rotatable bonds is 4. The highest BCUT2D eigenvalue weighted by Crippen LogP contribution is 2.29. The first-order valence-corrected chi connectivity index (χ1v) is 6.56. The molecular weight excluding hydrogens is 269 g/mol. The smallest absolute Gasteiger partial charge is 0.0968 e. The molecule has 5 heteroatoms. The average Bonchev–Trinajstić information content (AvgIpc) is 2.71. The molecule has 1 N–H and O–H groups in total. The van der Waals surface area contributed by atoms with Gasteiger partial charge in [-0.1, -0.05) is 36.2 Å². The molecule has 0 amide bonds. The summed E-state index contributed by atoms with van der Waals surface area (Å²) in [6, 6.07) is 5.58. The van der Waals surface area contributed by atoms with Crippen LogP contribution in [0, 0.1) is 0 Å². The van der Waals surface area contributed by atoms with Gasteiger partial charge in [-0.25, -0.2) is 0 Å². The molecule has 0 bridgehead atoms. The number of halogens is 2. The van der Waals surface area contributed by atoms with E-state index in [9.17, 15) is 0 Å². The molecule has 1 heterocycles. The van der Waals surface area contributed by atoms with Crippen molar-refractivity contribution < 1.29 is 0 Å². The Bertz CT molecular complexity index is 549. The highest BCUT2D eigenvalue weighted by Gasteiger charge is 2.11. The number of hydrogen-bond acceptors (Lipinski definition) is 2. The molecule has 0 radical (unpaired) electrons. The first-order chi connectivity index (χ1) is 8.61. The molecule has 0 atom stereocenters. The number of aryl methyl sites for hydroxylation is 1. The van der Waals surface area contributed by atoms with Crippen molar-refractivity contribution in [3.63, 3.8) is 0 Å². The molecule has 0 saturated carbocycles. The van der Waals surface area contributed by atoms with Gasteiger partial charge >= 0.3 is 0 Å². The minimum absolute atomic E-state index is 0.550. The molecule has 2 rings (SSSR count). The zero-order valence-electron chi connectivity index (χ0n) is 10.4. The topological polar surface area (TPSA) is 29.9 Å². The third-order valence-corrected chi connectivity index (χ3v) is 3.40. The molecule has 1 aromatic carbocycles. The summed E-state index contributed by atoms with van der Waals surface area (Å²) in [5.41, 5.74) is 3.08. The zero-order valence-corrected chi connectivity index (χ0v) is 11.9. The lowest BCUT2D eigenvalue weighted by Crippen LogP contribution is -2.11. The monoisotopic (exact) mass is 283 g/mol. The van der Waals surface area contributed by atoms with Crippen molar-refractivity contribution in [3.05, 3.63) is 40.0 Å². The van der Waals surface area contributed by atoms with E-state index >= 15 is 0 Å². The standard InChI is InChI=1S/C13H15Cl2N3/c1-3-16-7-10-8-18(2)17-13(10)9-4-5-11(14)12(15)6-9/h4-6,8,16H,3,7H2,1-2H3. The number of nitrogens with zero attached hydrogens (tertiary/aromatic N) is 2. The van der Waals surface area contributed by atoms with Gasteiger partial charge in [0.15, 0.2) is 0 Å². The molecular formula is C13H15Cl2N3. The lowest BCUT2D eigenvalue weighted by molar-refractivity contribution is 0.724. The van der Waals surface area contributed by atoms with Gasteiger partial charge in [-0.15, -0.1) is 0 Å². The minimum Gasteiger partial charge on any atom is -0.313 e. The number of aromatic nitrogens is 2. The van der Waals surface area contributed by atoms with Gasteiger partial charge < -0.3 is 5.32 Å². The Morgan fingerprint density at radius 3 is 2.72 bits per heavy atom. The maximum absolute atomic E-state index is 6.05. The lowest BCUT2D eigenvalue weighted by Gasteiger charge is -2.04. The van der Waals surface area contributed by atoms with Crippen LogP contribution in [0.25, 0.3) is 11.3 Å². The van der Waals surface area contributed by atoms with Gasteiger partial charge in [0.1, 0.15) is 0 Å². The Morgan fingerprint density at radius 2 is 2.06 bits per heavy atom. The second-order valence-corrected chi connectivity index (χ2v) is 4.90. The zero-order chi connectivity index (χ0) is 13.1. The van der Waals surface area contributed by atoms with Crippen LogP contribution in [0.4, 0.5) is 0 Å². The van der Waals surface area contributed by atoms with Crippen LogP contribution in [0.1, 0.15) is 12.5 Å². The van der Waals surface area contributed by atoms with Gasteiger partial charge in [0.05, 0.1) is 15.7 Å². The number of nitrogens with one attached hydrogen (secondary N) is 1. The Balaban J connectivity index is 2.39. The van der Waals surface area contributed by atoms with Crippen LogP contribution in [0.3, 0.4) is 0 Å². The highest BCUT2D eigenvalue weighted by atomic mass is 35.5. The molecule has 96 valence electrons. The summed E-state index contributed by atoms with van der Waals surface area (Å²) in [6.45, 7) is 3.80. The first-order valence-electron chi connectivity index (χ1n) is 5.80. The third-order valence-electron chi connectivity index (χ3n) is 2.66. The summed E-state index contributed by atoms with van der Waals surface area (Å²) in [6.07, 6.45) is 2.01. The average molecular weight is 284 g/mol. The molecule has 1 aromatic heterocycles. The fraction of sp³-hybridized carbons (Fsp3) is 0.308. The molecule has 0 saturated heterocycles. The van der Waals surface area contributed by atoms with Crippen molar-refractivity contribution in [2.45, 2.75) is 13.5 Å². The maximum atomic E-state index is 6.05. The van der Waals surface area contributed by atoms with Crippen molar-refractivity contribution in [1.29, 1.82) is 0 Å². The summed E-state index contributed by atoms with van der Waals surface area (Å²) in [4.78, 5) is 0. The molecule has 0 aliphatic heterocycles. The molecule has 0 spiro atoms. The van der Waals surface area contributed by atoms with Gasteiger partial charge in [-0.3, -0.25) is 4.68 Å². The highest BCUT2D eigenvalue weighted by molar-refractivity contribution is 6.42. The van der Waals surface area contributed by atoms with Gasteiger partial charge in [0.25, 0.3) is 0 Å². The van der Waals surface area contributed by atoms with E-state index in [0.29, 0.717) is 10.0 Å². The van der Waals surface area contributed by atoms with Crippen molar-refractivity contribution in [2.75, 3.05) is 6.54 Å². The van der Waals surface area contributed by atoms with Crippen LogP contribution in [-0.4, -0.2) is 16.3 Å². The van der Waals surface area contributed by atoms with E-state index in [0.717, 1.165) is 29.9 Å². The lowest BCUT2D eigenvalue weighted by atomic mass is 10.1. The fourth-order valence-corrected chi connectivity index (χ4v) is 2.11. The molecule has 0 aliphatic rings. The van der Waals surface area contributed by atoms with Crippen LogP contribution >= 0.6 is 23.2 Å². The van der Waals surface area contributed by atoms with Crippen molar-refractivity contribution >= 4 is 23.2 Å². The number of benzene rings is 1. The summed E-state index contributed by atoms with van der Waals surface area (Å²) in [5.74, 6) is 0. The van der Waals surface area contributed by atoms with E-state index in [4.69, 9.17) is 23.2 Å². The maximum Gasteiger partial charge on any atom is 0.0968 e. The second-order valence-electron chi connectivity index (χ2n) is 4.09. The molecule has 2 aromatic rings. The van der Waals surface area contributed by atoms with E-state index in [1.54, 1.807) is 6.07 Å². The summed E-state index contributed by atoms with van der Waals surface area (Å²) < 4.78 is 1.81. The van der Waals surface area contributed by atoms with E-state index in [1.165, 1.54) is 0 Å². The minimum atomic E-state index is 0.550. The van der Waals surface area contributed by atoms with Crippen molar-refractivity contribution in [1.82, 2.24) is 15.1 Å². The Labute approximate surface area is 117 Å². The van der Waals surface area contributed by atoms with Crippen LogP contribution in [0.5, 0.6) is 0 Å². The van der Waals surface area contributed by atoms with Crippen LogP contribution in [-0.2, 0) is 13.6 Å². The van der Waals surface area contributed by atoms with E-state index in [1.807, 2.05) is 30.1 Å². The van der Waals surface area contributed by atoms with Crippen molar-refractivity contribution in [2.24, 2.45) is 7.05 Å². The second kappa shape index (κ2) is 5.74. The van der Waals surface area contributed by atoms with Gasteiger partial charge in [0.2, 0.25) is 0 Å². The van der Waals surface area contributed by atoms with Gasteiger partial charge in [0, 0.05) is 30.9 Å². The summed E-state index contributed by atoms with van der Waals surface area (Å²) in [5, 5.41) is 8.89. The normalized spacial score (nSPS) is 10.9. The van der Waals surface area contributed by atoms with E-state index < -0.39 is 0 Å². The van der Waals surface area contributed by atoms with Crippen molar-refractivity contribution in [3.8, 4) is 11.3 Å². The Morgan fingerprint density at radius 1 is 1.28 bits per heavy atom. The Kier molecular flexibility index (Phi) is 4.27. The molecule has 0 fully saturated rings. The van der Waals surface area contributed by atoms with Crippen LogP contribution in [0.2, 0.25) is 10.0 Å². The van der Waals surface area contributed by atoms with Crippen LogP contribution in [0.15, 0.2) is 24.4 Å². The largest absolute Gasteiger partial charge is 0.313 e. The van der Waals surface area contributed by atoms with Crippen LogP contribution < -0.4 is 5.32 Å². The predicted molar refractivity (Wildman–Crippen MR) is 76.0 cm³/mol. The van der Waals surface area contributed by atoms with Gasteiger partial charge in [-0.05, 0) is 18.7 Å². The summed E-state index contributed by atoms with van der Waals surface area (Å²) >= 11 is 12.0. The van der Waals surface area contributed by atoms with E-state index in [-0.39, 0.29) is 0 Å². The number of hydrogen-bond donors (Lipinski definition) is 1. The molecule has 0 unspecified atom stereocenters. The summed E-state index contributed by atoms with van der Waals surface area (Å²) in [7, 11) is 1.91. The quantitative estimate of drug-likeness (QED) is 0.931. The SMILES string of the molecule is CCNCc1cn(C)nc1-c1ccc(Cl)c(Cl)c1. The van der Waals surface area contributed by atoms with Gasteiger partial charge in [-0.2, -0.15) is 5.10 Å². The molecule has 18 heavy (non-hydrogen) atoms. The van der Waals surface area contributed by atoms with E-state index in [2.05, 4.69) is 17.3 Å². The Hall–Kier alpha value is -1.03. The molecule has 0 aliphatic carbocycles. The fourth-order valence-electron chi connectivity index (χ4n) is 1.81. The predicted octanol–water partition coefficient (Wildman–Crippen LogP) is 3.50.